The first-order chi connectivity index (χ1) is 9.97. The minimum atomic E-state index is -0.0399. The predicted octanol–water partition coefficient (Wildman–Crippen LogP) is 3.21. The number of benzene rings is 1. The Labute approximate surface area is 129 Å². The number of piperidine rings is 1. The van der Waals surface area contributed by atoms with Crippen LogP contribution in [-0.2, 0) is 4.74 Å². The Morgan fingerprint density at radius 2 is 1.90 bits per heavy atom. The second kappa shape index (κ2) is 6.91. The number of ether oxygens (including phenoxy) is 1. The minimum Gasteiger partial charge on any atom is -0.377 e. The van der Waals surface area contributed by atoms with Gasteiger partial charge in [-0.1, -0.05) is 44.2 Å². The lowest BCUT2D eigenvalue weighted by Crippen LogP contribution is -2.55. The first-order valence-electron chi connectivity index (χ1n) is 8.06. The van der Waals surface area contributed by atoms with E-state index in [0.29, 0.717) is 12.0 Å². The van der Waals surface area contributed by atoms with Gasteiger partial charge in [0.2, 0.25) is 0 Å². The molecular formula is C18H30N2O. The van der Waals surface area contributed by atoms with E-state index in [1.165, 1.54) is 12.0 Å². The standard InChI is InChI=1S/C18H30N2O/c1-14(2)17(16(19)15-9-6-5-7-10-15)20-12-8-11-18(3,13-20)21-4/h5-7,9-10,14,16-17H,8,11-13,19H2,1-4H3. The summed E-state index contributed by atoms with van der Waals surface area (Å²) >= 11 is 0. The van der Waals surface area contributed by atoms with Crippen LogP contribution in [-0.4, -0.2) is 36.7 Å². The van der Waals surface area contributed by atoms with E-state index >= 15 is 0 Å². The molecule has 0 aromatic heterocycles. The van der Waals surface area contributed by atoms with Crippen molar-refractivity contribution < 1.29 is 4.74 Å². The van der Waals surface area contributed by atoms with Crippen molar-refractivity contribution in [3.63, 3.8) is 0 Å². The van der Waals surface area contributed by atoms with Crippen molar-refractivity contribution in [2.24, 2.45) is 11.7 Å². The van der Waals surface area contributed by atoms with Crippen molar-refractivity contribution in [3.8, 4) is 0 Å². The van der Waals surface area contributed by atoms with Crippen LogP contribution in [0.15, 0.2) is 30.3 Å². The number of hydrogen-bond acceptors (Lipinski definition) is 3. The summed E-state index contributed by atoms with van der Waals surface area (Å²) in [4.78, 5) is 2.54. The summed E-state index contributed by atoms with van der Waals surface area (Å²) in [7, 11) is 1.82. The molecule has 21 heavy (non-hydrogen) atoms. The Bertz CT molecular complexity index is 434. The van der Waals surface area contributed by atoms with E-state index in [-0.39, 0.29) is 11.6 Å². The maximum atomic E-state index is 6.62. The molecule has 1 fully saturated rings. The Kier molecular flexibility index (Phi) is 5.42. The maximum Gasteiger partial charge on any atom is 0.0777 e. The van der Waals surface area contributed by atoms with Crippen molar-refractivity contribution >= 4 is 0 Å². The maximum absolute atomic E-state index is 6.62. The van der Waals surface area contributed by atoms with E-state index in [4.69, 9.17) is 10.5 Å². The van der Waals surface area contributed by atoms with Crippen LogP contribution in [0.5, 0.6) is 0 Å². The molecule has 3 unspecified atom stereocenters. The van der Waals surface area contributed by atoms with E-state index in [2.05, 4.69) is 49.9 Å². The van der Waals surface area contributed by atoms with Gasteiger partial charge in [-0.15, -0.1) is 0 Å². The lowest BCUT2D eigenvalue weighted by atomic mass is 9.86. The Balaban J connectivity index is 2.19. The fraction of sp³-hybridized carbons (Fsp3) is 0.667. The third-order valence-electron chi connectivity index (χ3n) is 4.84. The molecule has 0 bridgehead atoms. The number of methoxy groups -OCH3 is 1. The summed E-state index contributed by atoms with van der Waals surface area (Å²) in [6.45, 7) is 8.83. The Morgan fingerprint density at radius 1 is 1.24 bits per heavy atom. The number of nitrogens with zero attached hydrogens (tertiary/aromatic N) is 1. The summed E-state index contributed by atoms with van der Waals surface area (Å²) in [6, 6.07) is 10.9. The molecule has 0 amide bonds. The molecule has 0 saturated carbocycles. The smallest absolute Gasteiger partial charge is 0.0777 e. The average Bonchev–Trinajstić information content (AvgIpc) is 2.48. The molecule has 3 atom stereocenters. The molecule has 0 aliphatic carbocycles. The van der Waals surface area contributed by atoms with Gasteiger partial charge in [0.15, 0.2) is 0 Å². The first kappa shape index (κ1) is 16.5. The van der Waals surface area contributed by atoms with Gasteiger partial charge in [-0.3, -0.25) is 4.90 Å². The summed E-state index contributed by atoms with van der Waals surface area (Å²) in [5.74, 6) is 0.513. The van der Waals surface area contributed by atoms with Crippen LogP contribution >= 0.6 is 0 Å². The van der Waals surface area contributed by atoms with Crippen molar-refractivity contribution in [2.45, 2.75) is 51.3 Å². The van der Waals surface area contributed by atoms with Crippen LogP contribution in [0.3, 0.4) is 0 Å². The van der Waals surface area contributed by atoms with Crippen LogP contribution in [0.4, 0.5) is 0 Å². The van der Waals surface area contributed by atoms with Crippen LogP contribution < -0.4 is 5.73 Å². The second-order valence-electron chi connectivity index (χ2n) is 6.90. The highest BCUT2D eigenvalue weighted by Gasteiger charge is 2.37. The molecule has 3 heteroatoms. The van der Waals surface area contributed by atoms with Crippen LogP contribution in [0.25, 0.3) is 0 Å². The Hall–Kier alpha value is -0.900. The van der Waals surface area contributed by atoms with Crippen molar-refractivity contribution in [2.75, 3.05) is 20.2 Å². The summed E-state index contributed by atoms with van der Waals surface area (Å²) in [5.41, 5.74) is 7.80. The van der Waals surface area contributed by atoms with E-state index in [1.54, 1.807) is 0 Å². The lowest BCUT2D eigenvalue weighted by molar-refractivity contribution is -0.0690. The van der Waals surface area contributed by atoms with E-state index in [1.807, 2.05) is 13.2 Å². The van der Waals surface area contributed by atoms with Gasteiger partial charge in [-0.2, -0.15) is 0 Å². The molecule has 1 aliphatic rings. The van der Waals surface area contributed by atoms with Gasteiger partial charge in [0.25, 0.3) is 0 Å². The Morgan fingerprint density at radius 3 is 2.48 bits per heavy atom. The molecule has 2 rings (SSSR count). The molecule has 0 radical (unpaired) electrons. The summed E-state index contributed by atoms with van der Waals surface area (Å²) < 4.78 is 5.74. The minimum absolute atomic E-state index is 0.0399. The highest BCUT2D eigenvalue weighted by molar-refractivity contribution is 5.20. The van der Waals surface area contributed by atoms with Gasteiger partial charge < -0.3 is 10.5 Å². The van der Waals surface area contributed by atoms with Gasteiger partial charge in [0.05, 0.1) is 5.60 Å². The molecule has 2 N–H and O–H groups in total. The zero-order valence-electron chi connectivity index (χ0n) is 13.9. The molecular weight excluding hydrogens is 260 g/mol. The predicted molar refractivity (Wildman–Crippen MR) is 88.2 cm³/mol. The quantitative estimate of drug-likeness (QED) is 0.905. The normalized spacial score (nSPS) is 26.8. The monoisotopic (exact) mass is 290 g/mol. The first-order valence-corrected chi connectivity index (χ1v) is 8.06. The van der Waals surface area contributed by atoms with E-state index in [0.717, 1.165) is 19.5 Å². The SMILES string of the molecule is COC1(C)CCCN(C(C(C)C)C(N)c2ccccc2)C1. The van der Waals surface area contributed by atoms with E-state index < -0.39 is 0 Å². The molecule has 1 aliphatic heterocycles. The average molecular weight is 290 g/mol. The highest BCUT2D eigenvalue weighted by atomic mass is 16.5. The molecule has 1 saturated heterocycles. The topological polar surface area (TPSA) is 38.5 Å². The zero-order chi connectivity index (χ0) is 15.5. The van der Waals surface area contributed by atoms with Gasteiger partial charge >= 0.3 is 0 Å². The van der Waals surface area contributed by atoms with Gasteiger partial charge in [0, 0.05) is 25.7 Å². The molecule has 3 nitrogen and oxygen atoms in total. The second-order valence-corrected chi connectivity index (χ2v) is 6.90. The highest BCUT2D eigenvalue weighted by Crippen LogP contribution is 2.31. The lowest BCUT2D eigenvalue weighted by Gasteiger charge is -2.46. The van der Waals surface area contributed by atoms with Crippen LogP contribution in [0.2, 0.25) is 0 Å². The fourth-order valence-corrected chi connectivity index (χ4v) is 3.60. The summed E-state index contributed by atoms with van der Waals surface area (Å²) in [5, 5.41) is 0. The molecule has 1 heterocycles. The van der Waals surface area contributed by atoms with Crippen molar-refractivity contribution in [1.82, 2.24) is 4.90 Å². The molecule has 0 spiro atoms. The van der Waals surface area contributed by atoms with Crippen molar-refractivity contribution in [1.29, 1.82) is 0 Å². The van der Waals surface area contributed by atoms with Crippen molar-refractivity contribution in [3.05, 3.63) is 35.9 Å². The number of nitrogens with two attached hydrogens (primary N) is 1. The van der Waals surface area contributed by atoms with E-state index in [9.17, 15) is 0 Å². The van der Waals surface area contributed by atoms with Crippen LogP contribution in [0.1, 0.15) is 45.2 Å². The number of rotatable bonds is 5. The van der Waals surface area contributed by atoms with Gasteiger partial charge in [-0.05, 0) is 37.8 Å². The fourth-order valence-electron chi connectivity index (χ4n) is 3.60. The van der Waals surface area contributed by atoms with Gasteiger partial charge in [0.1, 0.15) is 0 Å². The number of hydrogen-bond donors (Lipinski definition) is 1. The van der Waals surface area contributed by atoms with Gasteiger partial charge in [-0.25, -0.2) is 0 Å². The largest absolute Gasteiger partial charge is 0.377 e. The molecule has 1 aromatic carbocycles. The number of likely N-dealkylation sites (tertiary alicyclic amines) is 1. The third kappa shape index (κ3) is 3.85. The molecule has 118 valence electrons. The third-order valence-corrected chi connectivity index (χ3v) is 4.84. The zero-order valence-corrected chi connectivity index (χ0v) is 13.9. The van der Waals surface area contributed by atoms with Crippen LogP contribution in [0, 0.1) is 5.92 Å². The summed E-state index contributed by atoms with van der Waals surface area (Å²) in [6.07, 6.45) is 2.31. The molecule has 1 aromatic rings.